The minimum Gasteiger partial charge on any atom is -0.494 e. The smallest absolute Gasteiger partial charge is 0.323 e. The quantitative estimate of drug-likeness (QED) is 0.159. The summed E-state index contributed by atoms with van der Waals surface area (Å²) in [7, 11) is -2.20. The van der Waals surface area contributed by atoms with Gasteiger partial charge in [-0.1, -0.05) is 19.1 Å². The predicted molar refractivity (Wildman–Crippen MR) is 185 cm³/mol. The van der Waals surface area contributed by atoms with Crippen molar-refractivity contribution in [3.8, 4) is 28.3 Å². The first-order valence-corrected chi connectivity index (χ1v) is 17.0. The summed E-state index contributed by atoms with van der Waals surface area (Å²) in [6.45, 7) is 3.92. The molecule has 0 bridgehead atoms. The normalized spacial score (nSPS) is 13.3. The Kier molecular flexibility index (Phi) is 9.64. The summed E-state index contributed by atoms with van der Waals surface area (Å²) in [6, 6.07) is 18.2. The Hall–Kier alpha value is -5.34. The number of methoxy groups -OCH3 is 1. The lowest BCUT2D eigenvalue weighted by Crippen LogP contribution is -2.37. The lowest BCUT2D eigenvalue weighted by Gasteiger charge is -2.29. The summed E-state index contributed by atoms with van der Waals surface area (Å²) >= 11 is 0. The number of rotatable bonds is 10. The van der Waals surface area contributed by atoms with Gasteiger partial charge in [0.25, 0.3) is 0 Å². The first-order chi connectivity index (χ1) is 23.2. The molecule has 14 heteroatoms. The van der Waals surface area contributed by atoms with Gasteiger partial charge >= 0.3 is 6.03 Å². The van der Waals surface area contributed by atoms with Gasteiger partial charge in [0.1, 0.15) is 17.1 Å². The van der Waals surface area contributed by atoms with Gasteiger partial charge in [-0.15, -0.1) is 0 Å². The molecule has 3 N–H and O–H groups in total. The third-order valence-corrected chi connectivity index (χ3v) is 9.14. The first kappa shape index (κ1) is 32.6. The highest BCUT2D eigenvalue weighted by Gasteiger charge is 2.23. The van der Waals surface area contributed by atoms with Gasteiger partial charge in [-0.3, -0.25) is 9.71 Å². The van der Waals surface area contributed by atoms with Crippen molar-refractivity contribution in [2.24, 2.45) is 0 Å². The Morgan fingerprint density at radius 1 is 0.958 bits per heavy atom. The average Bonchev–Trinajstić information content (AvgIpc) is 3.09. The minimum absolute atomic E-state index is 0.121. The third-order valence-electron chi connectivity index (χ3n) is 7.66. The van der Waals surface area contributed by atoms with Crippen LogP contribution in [0.2, 0.25) is 0 Å². The Balaban J connectivity index is 1.38. The molecule has 0 radical (unpaired) electrons. The zero-order valence-electron chi connectivity index (χ0n) is 26.4. The number of pyridine rings is 1. The van der Waals surface area contributed by atoms with Crippen LogP contribution in [0.3, 0.4) is 0 Å². The zero-order chi connectivity index (χ0) is 33.7. The number of carbonyl (C=O) groups is 1. The summed E-state index contributed by atoms with van der Waals surface area (Å²) in [5, 5.41) is 6.20. The lowest BCUT2D eigenvalue weighted by molar-refractivity contribution is 0.122. The molecule has 5 aromatic rings. The molecule has 0 unspecified atom stereocenters. The maximum absolute atomic E-state index is 15.9. The van der Waals surface area contributed by atoms with Crippen LogP contribution in [0.25, 0.3) is 33.4 Å². The van der Waals surface area contributed by atoms with E-state index in [1.807, 2.05) is 12.1 Å². The van der Waals surface area contributed by atoms with E-state index in [2.05, 4.69) is 25.2 Å². The van der Waals surface area contributed by atoms with Gasteiger partial charge in [0.2, 0.25) is 10.0 Å². The van der Waals surface area contributed by atoms with E-state index in [0.717, 1.165) is 0 Å². The van der Waals surface area contributed by atoms with E-state index in [9.17, 15) is 13.2 Å². The van der Waals surface area contributed by atoms with Crippen LogP contribution in [0.4, 0.5) is 32.1 Å². The molecule has 1 fully saturated rings. The third kappa shape index (κ3) is 7.29. The van der Waals surface area contributed by atoms with Crippen LogP contribution in [0.5, 0.6) is 5.75 Å². The molecule has 2 aromatic heterocycles. The van der Waals surface area contributed by atoms with Crippen LogP contribution in [-0.4, -0.2) is 68.6 Å². The van der Waals surface area contributed by atoms with Gasteiger partial charge in [0.05, 0.1) is 31.8 Å². The Morgan fingerprint density at radius 3 is 2.35 bits per heavy atom. The summed E-state index contributed by atoms with van der Waals surface area (Å²) < 4.78 is 54.5. The summed E-state index contributed by atoms with van der Waals surface area (Å²) in [5.74, 6) is 0.624. The van der Waals surface area contributed by atoms with Crippen molar-refractivity contribution >= 4 is 49.8 Å². The van der Waals surface area contributed by atoms with E-state index in [1.54, 1.807) is 67.8 Å². The largest absolute Gasteiger partial charge is 0.494 e. The van der Waals surface area contributed by atoms with Crippen molar-refractivity contribution in [2.75, 3.05) is 59.4 Å². The number of nitrogens with one attached hydrogen (secondary N) is 3. The highest BCUT2D eigenvalue weighted by Crippen LogP contribution is 2.39. The van der Waals surface area contributed by atoms with E-state index < -0.39 is 21.9 Å². The molecular formula is C34H34FN7O5S. The number of nitrogens with zero attached hydrogens (tertiary/aromatic N) is 4. The second-order valence-corrected chi connectivity index (χ2v) is 12.9. The number of anilines is 4. The molecular weight excluding hydrogens is 637 g/mol. The second-order valence-electron chi connectivity index (χ2n) is 11.0. The lowest BCUT2D eigenvalue weighted by atomic mass is 10.0. The van der Waals surface area contributed by atoms with Gasteiger partial charge in [-0.05, 0) is 66.6 Å². The van der Waals surface area contributed by atoms with E-state index in [1.165, 1.54) is 13.2 Å². The maximum Gasteiger partial charge on any atom is 0.323 e. The van der Waals surface area contributed by atoms with Crippen LogP contribution < -0.4 is 25.0 Å². The van der Waals surface area contributed by atoms with Crippen LogP contribution in [0.15, 0.2) is 79.1 Å². The number of benzene rings is 3. The maximum atomic E-state index is 15.9. The summed E-state index contributed by atoms with van der Waals surface area (Å²) in [5.41, 5.74) is 2.95. The number of morpholine rings is 1. The van der Waals surface area contributed by atoms with E-state index in [4.69, 9.17) is 19.4 Å². The molecule has 0 spiro atoms. The average molecular weight is 672 g/mol. The number of carbonyl (C=O) groups excluding carboxylic acids is 1. The number of hydrogen-bond donors (Lipinski definition) is 3. The Bertz CT molecular complexity index is 2040. The molecule has 248 valence electrons. The van der Waals surface area contributed by atoms with E-state index in [-0.39, 0.29) is 17.0 Å². The van der Waals surface area contributed by atoms with Gasteiger partial charge < -0.3 is 25.0 Å². The molecule has 48 heavy (non-hydrogen) atoms. The molecule has 1 aliphatic rings. The van der Waals surface area contributed by atoms with Crippen LogP contribution in [0, 0.1) is 5.82 Å². The monoisotopic (exact) mass is 671 g/mol. The fourth-order valence-electron chi connectivity index (χ4n) is 5.39. The standard InChI is InChI=1S/C34H34FN7O5S/c1-3-19-48(44,45)41-28-6-4-5-26(30(28)35)23-20-27-31(29(21-23)46-2)39-32(40-33(27)42-15-17-47-18-16-42)22-7-9-24(10-8-22)37-34(43)38-25-11-13-36-14-12-25/h4-14,20-21,41H,3,15-19H2,1-2H3,(H2,36,37,38,43). The number of aromatic nitrogens is 3. The number of hydrogen-bond acceptors (Lipinski definition) is 9. The highest BCUT2D eigenvalue weighted by molar-refractivity contribution is 7.92. The Morgan fingerprint density at radius 2 is 1.67 bits per heavy atom. The number of urea groups is 1. The van der Waals surface area contributed by atoms with Gasteiger partial charge in [-0.25, -0.2) is 27.6 Å². The van der Waals surface area contributed by atoms with Gasteiger partial charge in [0, 0.05) is 53.4 Å². The molecule has 12 nitrogen and oxygen atoms in total. The van der Waals surface area contributed by atoms with Crippen molar-refractivity contribution in [3.05, 3.63) is 84.9 Å². The first-order valence-electron chi connectivity index (χ1n) is 15.3. The number of ether oxygens (including phenoxy) is 2. The molecule has 0 aliphatic carbocycles. The van der Waals surface area contributed by atoms with Crippen LogP contribution in [-0.2, 0) is 14.8 Å². The molecule has 6 rings (SSSR count). The van der Waals surface area contributed by atoms with Gasteiger partial charge in [-0.2, -0.15) is 0 Å². The fraction of sp³-hybridized carbons (Fsp3) is 0.235. The van der Waals surface area contributed by atoms with Gasteiger partial charge in [0.15, 0.2) is 11.6 Å². The van der Waals surface area contributed by atoms with Crippen molar-refractivity contribution in [2.45, 2.75) is 13.3 Å². The van der Waals surface area contributed by atoms with Crippen molar-refractivity contribution in [3.63, 3.8) is 0 Å². The predicted octanol–water partition coefficient (Wildman–Crippen LogP) is 6.14. The Labute approximate surface area is 277 Å². The van der Waals surface area contributed by atoms with Crippen molar-refractivity contribution in [1.29, 1.82) is 0 Å². The molecule has 0 atom stereocenters. The number of sulfonamides is 1. The molecule has 3 heterocycles. The molecule has 2 amide bonds. The van der Waals surface area contributed by atoms with Crippen LogP contribution >= 0.6 is 0 Å². The minimum atomic E-state index is -3.71. The van der Waals surface area contributed by atoms with Crippen molar-refractivity contribution < 1.29 is 27.1 Å². The zero-order valence-corrected chi connectivity index (χ0v) is 27.2. The summed E-state index contributed by atoms with van der Waals surface area (Å²) in [4.78, 5) is 28.4. The van der Waals surface area contributed by atoms with E-state index >= 15 is 4.39 Å². The molecule has 0 saturated carbocycles. The highest BCUT2D eigenvalue weighted by atomic mass is 32.2. The molecule has 1 saturated heterocycles. The van der Waals surface area contributed by atoms with Crippen molar-refractivity contribution in [1.82, 2.24) is 15.0 Å². The topological polar surface area (TPSA) is 148 Å². The fourth-order valence-corrected chi connectivity index (χ4v) is 6.53. The number of amides is 2. The molecule has 1 aliphatic heterocycles. The molecule has 3 aromatic carbocycles. The number of fused-ring (bicyclic) bond motifs is 1. The second kappa shape index (κ2) is 14.2. The number of halogens is 1. The SMILES string of the molecule is CCCS(=O)(=O)Nc1cccc(-c2cc(OC)c3nc(-c4ccc(NC(=O)Nc5ccncc5)cc4)nc(N4CCOCC4)c3c2)c1F. The van der Waals surface area contributed by atoms with Crippen LogP contribution in [0.1, 0.15) is 13.3 Å². The van der Waals surface area contributed by atoms with E-state index in [0.29, 0.717) is 83.5 Å². The summed E-state index contributed by atoms with van der Waals surface area (Å²) in [6.07, 6.45) is 3.58.